The number of hydrogen-bond acceptors (Lipinski definition) is 6. The summed E-state index contributed by atoms with van der Waals surface area (Å²) in [7, 11) is 0. The van der Waals surface area contributed by atoms with Crippen LogP contribution in [0.5, 0.6) is 5.75 Å². The standard InChI is InChI=1S/C10H6F2N2O6/c11-10(12)20-7-2-4(8(15)9(16)17)1-6(14(18)19)5(7)3-13/h1-2,8,10,15H,(H,16,17). The first-order valence-corrected chi connectivity index (χ1v) is 4.86. The number of nitro benzene ring substituents is 1. The molecule has 1 rings (SSSR count). The van der Waals surface area contributed by atoms with Crippen LogP contribution in [0, 0.1) is 21.4 Å². The molecule has 0 bridgehead atoms. The number of nitro groups is 1. The molecule has 0 aliphatic rings. The van der Waals surface area contributed by atoms with E-state index in [2.05, 4.69) is 4.74 Å². The van der Waals surface area contributed by atoms with Crippen molar-refractivity contribution in [3.8, 4) is 11.8 Å². The number of aliphatic hydroxyl groups is 1. The lowest BCUT2D eigenvalue weighted by Gasteiger charge is -2.11. The third kappa shape index (κ3) is 3.15. The summed E-state index contributed by atoms with van der Waals surface area (Å²) in [4.78, 5) is 20.3. The molecule has 1 unspecified atom stereocenters. The van der Waals surface area contributed by atoms with E-state index < -0.39 is 46.2 Å². The largest absolute Gasteiger partial charge is 0.479 e. The molecule has 2 N–H and O–H groups in total. The Hall–Kier alpha value is -2.80. The molecule has 0 spiro atoms. The number of halogens is 2. The molecular weight excluding hydrogens is 282 g/mol. The number of carboxylic acid groups (broad SMARTS) is 1. The molecule has 0 heterocycles. The highest BCUT2D eigenvalue weighted by Gasteiger charge is 2.27. The number of aliphatic hydroxyl groups excluding tert-OH is 1. The predicted molar refractivity (Wildman–Crippen MR) is 57.0 cm³/mol. The summed E-state index contributed by atoms with van der Waals surface area (Å²) in [5.41, 5.74) is -2.29. The van der Waals surface area contributed by atoms with Gasteiger partial charge in [-0.2, -0.15) is 14.0 Å². The molecule has 1 aromatic rings. The van der Waals surface area contributed by atoms with E-state index in [1.165, 1.54) is 6.07 Å². The highest BCUT2D eigenvalue weighted by molar-refractivity contribution is 5.75. The Balaban J connectivity index is 3.52. The molecule has 0 aliphatic carbocycles. The number of aliphatic carboxylic acids is 1. The summed E-state index contributed by atoms with van der Waals surface area (Å²) in [6.07, 6.45) is -2.18. The van der Waals surface area contributed by atoms with Gasteiger partial charge in [0.25, 0.3) is 5.69 Å². The zero-order valence-electron chi connectivity index (χ0n) is 9.49. The van der Waals surface area contributed by atoms with Gasteiger partial charge in [-0.3, -0.25) is 10.1 Å². The van der Waals surface area contributed by atoms with Crippen LogP contribution in [0.2, 0.25) is 0 Å². The second-order valence-corrected chi connectivity index (χ2v) is 3.40. The molecule has 1 aromatic carbocycles. The fraction of sp³-hybridized carbons (Fsp3) is 0.200. The lowest BCUT2D eigenvalue weighted by atomic mass is 10.0. The number of carboxylic acids is 1. The topological polar surface area (TPSA) is 134 Å². The first-order valence-electron chi connectivity index (χ1n) is 4.86. The normalized spacial score (nSPS) is 11.8. The van der Waals surface area contributed by atoms with Gasteiger partial charge < -0.3 is 14.9 Å². The Kier molecular flexibility index (Phi) is 4.50. The SMILES string of the molecule is N#Cc1c(OC(F)F)cc(C(O)C(=O)O)cc1[N+](=O)[O-]. The van der Waals surface area contributed by atoms with Gasteiger partial charge in [-0.15, -0.1) is 0 Å². The Morgan fingerprint density at radius 1 is 1.50 bits per heavy atom. The van der Waals surface area contributed by atoms with Gasteiger partial charge in [-0.25, -0.2) is 4.79 Å². The quantitative estimate of drug-likeness (QED) is 0.613. The monoisotopic (exact) mass is 288 g/mol. The van der Waals surface area contributed by atoms with Crippen LogP contribution in [0.4, 0.5) is 14.5 Å². The van der Waals surface area contributed by atoms with Crippen LogP contribution in [-0.2, 0) is 4.79 Å². The minimum atomic E-state index is -3.38. The average molecular weight is 288 g/mol. The Labute approximate surface area is 109 Å². The molecule has 20 heavy (non-hydrogen) atoms. The maximum absolute atomic E-state index is 12.2. The molecule has 10 heteroatoms. The van der Waals surface area contributed by atoms with Crippen molar-refractivity contribution in [2.45, 2.75) is 12.7 Å². The third-order valence-electron chi connectivity index (χ3n) is 2.18. The Morgan fingerprint density at radius 3 is 2.50 bits per heavy atom. The summed E-state index contributed by atoms with van der Waals surface area (Å²) >= 11 is 0. The molecule has 0 saturated carbocycles. The maximum Gasteiger partial charge on any atom is 0.387 e. The fourth-order valence-corrected chi connectivity index (χ4v) is 1.37. The van der Waals surface area contributed by atoms with E-state index in [-0.39, 0.29) is 0 Å². The van der Waals surface area contributed by atoms with Crippen LogP contribution in [-0.4, -0.2) is 27.7 Å². The molecule has 0 aromatic heterocycles. The number of carbonyl (C=O) groups is 1. The third-order valence-corrected chi connectivity index (χ3v) is 2.18. The Morgan fingerprint density at radius 2 is 2.10 bits per heavy atom. The lowest BCUT2D eigenvalue weighted by molar-refractivity contribution is -0.385. The van der Waals surface area contributed by atoms with Crippen LogP contribution in [0.1, 0.15) is 17.2 Å². The van der Waals surface area contributed by atoms with E-state index in [0.717, 1.165) is 0 Å². The number of hydrogen-bond donors (Lipinski definition) is 2. The molecule has 106 valence electrons. The van der Waals surface area contributed by atoms with Gasteiger partial charge in [0.1, 0.15) is 6.07 Å². The maximum atomic E-state index is 12.2. The van der Waals surface area contributed by atoms with E-state index in [1.807, 2.05) is 0 Å². The van der Waals surface area contributed by atoms with E-state index in [4.69, 9.17) is 10.4 Å². The van der Waals surface area contributed by atoms with Crippen molar-refractivity contribution in [3.63, 3.8) is 0 Å². The molecule has 8 nitrogen and oxygen atoms in total. The number of ether oxygens (including phenoxy) is 1. The molecule has 0 saturated heterocycles. The summed E-state index contributed by atoms with van der Waals surface area (Å²) < 4.78 is 28.3. The van der Waals surface area contributed by atoms with Crippen LogP contribution >= 0.6 is 0 Å². The summed E-state index contributed by atoms with van der Waals surface area (Å²) in [5.74, 6) is -2.63. The van der Waals surface area contributed by atoms with Crippen molar-refractivity contribution in [2.24, 2.45) is 0 Å². The van der Waals surface area contributed by atoms with Gasteiger partial charge in [0.05, 0.1) is 4.92 Å². The molecule has 0 amide bonds. The highest BCUT2D eigenvalue weighted by Crippen LogP contribution is 2.33. The zero-order chi connectivity index (χ0) is 15.4. The van der Waals surface area contributed by atoms with Crippen molar-refractivity contribution in [2.75, 3.05) is 0 Å². The second kappa shape index (κ2) is 5.89. The summed E-state index contributed by atoms with van der Waals surface area (Å²) in [6.45, 7) is -3.38. The molecule has 0 aliphatic heterocycles. The fourth-order valence-electron chi connectivity index (χ4n) is 1.37. The highest BCUT2D eigenvalue weighted by atomic mass is 19.3. The second-order valence-electron chi connectivity index (χ2n) is 3.40. The minimum Gasteiger partial charge on any atom is -0.479 e. The number of nitrogens with zero attached hydrogens (tertiary/aromatic N) is 2. The molecule has 0 radical (unpaired) electrons. The van der Waals surface area contributed by atoms with E-state index in [1.54, 1.807) is 0 Å². The van der Waals surface area contributed by atoms with Gasteiger partial charge in [-0.05, 0) is 6.07 Å². The predicted octanol–water partition coefficient (Wildman–Crippen LogP) is 1.19. The summed E-state index contributed by atoms with van der Waals surface area (Å²) in [6, 6.07) is 2.56. The molecule has 1 atom stereocenters. The zero-order valence-corrected chi connectivity index (χ0v) is 9.49. The van der Waals surface area contributed by atoms with Gasteiger partial charge in [-0.1, -0.05) is 0 Å². The first kappa shape index (κ1) is 15.3. The van der Waals surface area contributed by atoms with Crippen molar-refractivity contribution < 1.29 is 33.4 Å². The van der Waals surface area contributed by atoms with Crippen LogP contribution in [0.3, 0.4) is 0 Å². The van der Waals surface area contributed by atoms with Gasteiger partial charge in [0.2, 0.25) is 0 Å². The van der Waals surface area contributed by atoms with E-state index in [0.29, 0.717) is 12.1 Å². The Bertz CT molecular complexity index is 598. The van der Waals surface area contributed by atoms with Crippen molar-refractivity contribution in [1.82, 2.24) is 0 Å². The van der Waals surface area contributed by atoms with Crippen molar-refractivity contribution >= 4 is 11.7 Å². The molecule has 0 fully saturated rings. The lowest BCUT2D eigenvalue weighted by Crippen LogP contribution is -2.12. The van der Waals surface area contributed by atoms with Crippen LogP contribution in [0.15, 0.2) is 12.1 Å². The van der Waals surface area contributed by atoms with Crippen molar-refractivity contribution in [1.29, 1.82) is 5.26 Å². The van der Waals surface area contributed by atoms with Crippen LogP contribution in [0.25, 0.3) is 0 Å². The summed E-state index contributed by atoms with van der Waals surface area (Å²) in [5, 5.41) is 37.4. The molecular formula is C10H6F2N2O6. The van der Waals surface area contributed by atoms with Crippen LogP contribution < -0.4 is 4.74 Å². The number of nitriles is 1. The van der Waals surface area contributed by atoms with Gasteiger partial charge in [0, 0.05) is 11.6 Å². The van der Waals surface area contributed by atoms with Crippen molar-refractivity contribution in [3.05, 3.63) is 33.4 Å². The smallest absolute Gasteiger partial charge is 0.387 e. The number of benzene rings is 1. The van der Waals surface area contributed by atoms with Gasteiger partial charge in [0.15, 0.2) is 17.4 Å². The minimum absolute atomic E-state index is 0.557. The number of rotatable bonds is 5. The number of alkyl halides is 2. The first-order chi connectivity index (χ1) is 9.27. The van der Waals surface area contributed by atoms with E-state index in [9.17, 15) is 28.8 Å². The van der Waals surface area contributed by atoms with E-state index >= 15 is 0 Å². The van der Waals surface area contributed by atoms with Gasteiger partial charge >= 0.3 is 12.6 Å². The average Bonchev–Trinajstić information content (AvgIpc) is 2.35.